The summed E-state index contributed by atoms with van der Waals surface area (Å²) in [5.74, 6) is -0.0738. The maximum absolute atomic E-state index is 11.9. The molecule has 0 aliphatic rings. The van der Waals surface area contributed by atoms with Crippen LogP contribution in [0.5, 0.6) is 0 Å². The van der Waals surface area contributed by atoms with Crippen LogP contribution in [-0.2, 0) is 11.3 Å². The number of nitrogens with one attached hydrogen (secondary N) is 1. The Morgan fingerprint density at radius 3 is 2.73 bits per heavy atom. The smallest absolute Gasteiger partial charge is 0.220 e. The molecule has 0 fully saturated rings. The third-order valence-corrected chi connectivity index (χ3v) is 4.24. The van der Waals surface area contributed by atoms with Crippen LogP contribution in [0.15, 0.2) is 23.6 Å². The summed E-state index contributed by atoms with van der Waals surface area (Å²) in [7, 11) is 0. The van der Waals surface area contributed by atoms with Gasteiger partial charge in [0, 0.05) is 24.6 Å². The van der Waals surface area contributed by atoms with Crippen molar-refractivity contribution in [1.82, 2.24) is 15.1 Å². The summed E-state index contributed by atoms with van der Waals surface area (Å²) in [5.41, 5.74) is 2.05. The second kappa shape index (κ2) is 7.35. The molecule has 1 amide bonds. The van der Waals surface area contributed by atoms with Crippen LogP contribution >= 0.6 is 11.3 Å². The molecule has 2 aromatic rings. The Morgan fingerprint density at radius 1 is 1.36 bits per heavy atom. The molecule has 118 valence electrons. The maximum Gasteiger partial charge on any atom is 0.220 e. The van der Waals surface area contributed by atoms with Crippen molar-refractivity contribution in [2.24, 2.45) is 0 Å². The number of aromatic nitrogens is 2. The highest BCUT2D eigenvalue weighted by Crippen LogP contribution is 2.12. The van der Waals surface area contributed by atoms with Gasteiger partial charge in [-0.3, -0.25) is 14.3 Å². The van der Waals surface area contributed by atoms with E-state index >= 15 is 0 Å². The predicted octanol–water partition coefficient (Wildman–Crippen LogP) is 2.73. The van der Waals surface area contributed by atoms with Crippen LogP contribution in [0.25, 0.3) is 0 Å². The van der Waals surface area contributed by atoms with Gasteiger partial charge >= 0.3 is 0 Å². The molecule has 0 saturated heterocycles. The fourth-order valence-corrected chi connectivity index (χ4v) is 2.99. The lowest BCUT2D eigenvalue weighted by molar-refractivity contribution is -0.121. The van der Waals surface area contributed by atoms with Gasteiger partial charge in [-0.1, -0.05) is 6.07 Å². The maximum atomic E-state index is 11.9. The molecule has 0 aliphatic heterocycles. The standard InChI is InChI=1S/C16H21N3O2S/c1-11-9-13(3)19(18-11)10-12(2)17-16(21)7-6-14(20)15-5-4-8-22-15/h4-5,8-9,12H,6-7,10H2,1-3H3,(H,17,21)/t12-/m0/s1. The van der Waals surface area contributed by atoms with Crippen molar-refractivity contribution in [1.29, 1.82) is 0 Å². The molecule has 0 bridgehead atoms. The molecule has 5 nitrogen and oxygen atoms in total. The quantitative estimate of drug-likeness (QED) is 0.798. The Labute approximate surface area is 134 Å². The molecular weight excluding hydrogens is 298 g/mol. The Balaban J connectivity index is 1.77. The van der Waals surface area contributed by atoms with Gasteiger partial charge < -0.3 is 5.32 Å². The number of rotatable bonds is 7. The minimum Gasteiger partial charge on any atom is -0.352 e. The number of aryl methyl sites for hydroxylation is 2. The number of hydrogen-bond donors (Lipinski definition) is 1. The molecule has 0 aliphatic carbocycles. The largest absolute Gasteiger partial charge is 0.352 e. The second-order valence-electron chi connectivity index (χ2n) is 5.48. The Bertz CT molecular complexity index is 646. The summed E-state index contributed by atoms with van der Waals surface area (Å²) < 4.78 is 1.89. The summed E-state index contributed by atoms with van der Waals surface area (Å²) in [6, 6.07) is 5.61. The fourth-order valence-electron chi connectivity index (χ4n) is 2.30. The van der Waals surface area contributed by atoms with Crippen LogP contribution < -0.4 is 5.32 Å². The first kappa shape index (κ1) is 16.4. The summed E-state index contributed by atoms with van der Waals surface area (Å²) >= 11 is 1.41. The molecule has 0 saturated carbocycles. The number of nitrogens with zero attached hydrogens (tertiary/aromatic N) is 2. The van der Waals surface area contributed by atoms with E-state index in [1.54, 1.807) is 6.07 Å². The van der Waals surface area contributed by atoms with E-state index in [2.05, 4.69) is 10.4 Å². The van der Waals surface area contributed by atoms with E-state index in [1.165, 1.54) is 11.3 Å². The highest BCUT2D eigenvalue weighted by atomic mass is 32.1. The zero-order valence-electron chi connectivity index (χ0n) is 13.1. The monoisotopic (exact) mass is 319 g/mol. The lowest BCUT2D eigenvalue weighted by atomic mass is 10.2. The molecule has 2 heterocycles. The second-order valence-corrected chi connectivity index (χ2v) is 6.43. The van der Waals surface area contributed by atoms with E-state index in [0.29, 0.717) is 11.4 Å². The molecule has 1 atom stereocenters. The zero-order chi connectivity index (χ0) is 16.1. The number of carbonyl (C=O) groups is 2. The summed E-state index contributed by atoms with van der Waals surface area (Å²) in [4.78, 5) is 24.5. The number of amides is 1. The first-order valence-corrected chi connectivity index (χ1v) is 8.21. The van der Waals surface area contributed by atoms with Gasteiger partial charge in [-0.2, -0.15) is 5.10 Å². The minimum atomic E-state index is -0.0982. The van der Waals surface area contributed by atoms with E-state index in [4.69, 9.17) is 0 Å². The third-order valence-electron chi connectivity index (χ3n) is 3.33. The normalized spacial score (nSPS) is 12.1. The molecule has 0 spiro atoms. The van der Waals surface area contributed by atoms with E-state index in [9.17, 15) is 9.59 Å². The van der Waals surface area contributed by atoms with E-state index in [1.807, 2.05) is 43.0 Å². The van der Waals surface area contributed by atoms with Crippen molar-refractivity contribution in [3.63, 3.8) is 0 Å². The Hall–Kier alpha value is -1.95. The average molecular weight is 319 g/mol. The van der Waals surface area contributed by atoms with Crippen LogP contribution in [0, 0.1) is 13.8 Å². The highest BCUT2D eigenvalue weighted by Gasteiger charge is 2.13. The highest BCUT2D eigenvalue weighted by molar-refractivity contribution is 7.12. The molecule has 0 unspecified atom stereocenters. The number of thiophene rings is 1. The van der Waals surface area contributed by atoms with Crippen molar-refractivity contribution in [2.45, 2.75) is 46.2 Å². The van der Waals surface area contributed by atoms with Crippen molar-refractivity contribution in [3.8, 4) is 0 Å². The van der Waals surface area contributed by atoms with Crippen molar-refractivity contribution < 1.29 is 9.59 Å². The Morgan fingerprint density at radius 2 is 2.14 bits per heavy atom. The number of Topliss-reactive ketones (excluding diaryl/α,β-unsaturated/α-hetero) is 1. The molecule has 2 rings (SSSR count). The van der Waals surface area contributed by atoms with Gasteiger partial charge in [0.15, 0.2) is 5.78 Å². The summed E-state index contributed by atoms with van der Waals surface area (Å²) in [6.07, 6.45) is 0.469. The molecule has 6 heteroatoms. The number of carbonyl (C=O) groups excluding carboxylic acids is 2. The lowest BCUT2D eigenvalue weighted by Gasteiger charge is -2.15. The lowest BCUT2D eigenvalue weighted by Crippen LogP contribution is -2.36. The van der Waals surface area contributed by atoms with Crippen molar-refractivity contribution in [3.05, 3.63) is 39.8 Å². The Kier molecular flexibility index (Phi) is 5.49. The van der Waals surface area contributed by atoms with Gasteiger partial charge in [0.05, 0.1) is 17.1 Å². The van der Waals surface area contributed by atoms with Crippen LogP contribution in [0.4, 0.5) is 0 Å². The summed E-state index contributed by atoms with van der Waals surface area (Å²) in [5, 5.41) is 9.16. The van der Waals surface area contributed by atoms with Crippen LogP contribution in [0.2, 0.25) is 0 Å². The van der Waals surface area contributed by atoms with Crippen molar-refractivity contribution in [2.75, 3.05) is 0 Å². The predicted molar refractivity (Wildman–Crippen MR) is 87.2 cm³/mol. The number of ketones is 1. The van der Waals surface area contributed by atoms with Gasteiger partial charge in [0.1, 0.15) is 0 Å². The molecule has 0 aromatic carbocycles. The molecule has 22 heavy (non-hydrogen) atoms. The summed E-state index contributed by atoms with van der Waals surface area (Å²) in [6.45, 7) is 6.51. The van der Waals surface area contributed by atoms with E-state index < -0.39 is 0 Å². The van der Waals surface area contributed by atoms with Gasteiger partial charge in [-0.25, -0.2) is 0 Å². The zero-order valence-corrected chi connectivity index (χ0v) is 13.9. The number of hydrogen-bond acceptors (Lipinski definition) is 4. The van der Waals surface area contributed by atoms with Gasteiger partial charge in [0.25, 0.3) is 0 Å². The molecule has 0 radical (unpaired) electrons. The molecular formula is C16H21N3O2S. The van der Waals surface area contributed by atoms with Gasteiger partial charge in [0.2, 0.25) is 5.91 Å². The first-order valence-electron chi connectivity index (χ1n) is 7.33. The third kappa shape index (κ3) is 4.53. The molecule has 1 N–H and O–H groups in total. The SMILES string of the molecule is Cc1cc(C)n(C[C@H](C)NC(=O)CCC(=O)c2cccs2)n1. The average Bonchev–Trinajstić information content (AvgIpc) is 3.06. The fraction of sp³-hybridized carbons (Fsp3) is 0.438. The van der Waals surface area contributed by atoms with Gasteiger partial charge in [-0.05, 0) is 38.3 Å². The first-order chi connectivity index (χ1) is 10.5. The van der Waals surface area contributed by atoms with Crippen LogP contribution in [0.3, 0.4) is 0 Å². The molecule has 2 aromatic heterocycles. The van der Waals surface area contributed by atoms with E-state index in [-0.39, 0.29) is 30.6 Å². The van der Waals surface area contributed by atoms with Crippen LogP contribution in [0.1, 0.15) is 40.8 Å². The van der Waals surface area contributed by atoms with Gasteiger partial charge in [-0.15, -0.1) is 11.3 Å². The van der Waals surface area contributed by atoms with E-state index in [0.717, 1.165) is 11.4 Å². The topological polar surface area (TPSA) is 64.0 Å². The van der Waals surface area contributed by atoms with Crippen molar-refractivity contribution >= 4 is 23.0 Å². The minimum absolute atomic E-state index is 0.0244. The van der Waals surface area contributed by atoms with Crippen LogP contribution in [-0.4, -0.2) is 27.5 Å².